The van der Waals surface area contributed by atoms with Gasteiger partial charge in [-0.1, -0.05) is 69.0 Å². The highest BCUT2D eigenvalue weighted by molar-refractivity contribution is 6.07. The van der Waals surface area contributed by atoms with Gasteiger partial charge in [-0.05, 0) is 48.6 Å². The summed E-state index contributed by atoms with van der Waals surface area (Å²) in [7, 11) is 1.55. The molecule has 0 aliphatic carbocycles. The molecule has 4 nitrogen and oxygen atoms in total. The minimum atomic E-state index is -0.886. The van der Waals surface area contributed by atoms with E-state index in [-0.39, 0.29) is 12.2 Å². The molecule has 2 aromatic rings. The van der Waals surface area contributed by atoms with Gasteiger partial charge >= 0.3 is 5.97 Å². The van der Waals surface area contributed by atoms with Crippen molar-refractivity contribution in [1.82, 2.24) is 0 Å². The van der Waals surface area contributed by atoms with Gasteiger partial charge in [-0.2, -0.15) is 0 Å². The standard InChI is InChI=1S/C26H32O4/c1-4-5-6-7-8-9-20-10-12-21(13-11-20)24(27)17-16-22-14-15-23(18-25(28)29)19(2)26(22)30-3/h10-17H,4-9,18H2,1-3H3,(H,28,29). The van der Waals surface area contributed by atoms with Crippen molar-refractivity contribution in [3.8, 4) is 5.75 Å². The van der Waals surface area contributed by atoms with Gasteiger partial charge < -0.3 is 9.84 Å². The second-order valence-electron chi connectivity index (χ2n) is 7.60. The molecule has 30 heavy (non-hydrogen) atoms. The maximum atomic E-state index is 12.6. The lowest BCUT2D eigenvalue weighted by molar-refractivity contribution is -0.136. The smallest absolute Gasteiger partial charge is 0.307 e. The van der Waals surface area contributed by atoms with E-state index in [4.69, 9.17) is 9.84 Å². The SMILES string of the molecule is CCCCCCCc1ccc(C(=O)C=Cc2ccc(CC(=O)O)c(C)c2OC)cc1. The van der Waals surface area contributed by atoms with Gasteiger partial charge in [0.05, 0.1) is 13.5 Å². The molecule has 2 rings (SSSR count). The van der Waals surface area contributed by atoms with Gasteiger partial charge in [0.15, 0.2) is 5.78 Å². The third-order valence-electron chi connectivity index (χ3n) is 5.32. The normalized spacial score (nSPS) is 11.0. The molecule has 0 fully saturated rings. The first-order chi connectivity index (χ1) is 14.5. The number of ether oxygens (including phenoxy) is 1. The Bertz CT molecular complexity index is 879. The Morgan fingerprint density at radius 2 is 1.70 bits per heavy atom. The first-order valence-corrected chi connectivity index (χ1v) is 10.7. The molecule has 0 bridgehead atoms. The molecule has 0 radical (unpaired) electrons. The van der Waals surface area contributed by atoms with E-state index >= 15 is 0 Å². The topological polar surface area (TPSA) is 63.6 Å². The van der Waals surface area contributed by atoms with Crippen molar-refractivity contribution in [2.75, 3.05) is 7.11 Å². The number of rotatable bonds is 12. The molecule has 0 saturated heterocycles. The minimum absolute atomic E-state index is 0.0595. The highest BCUT2D eigenvalue weighted by Gasteiger charge is 2.12. The summed E-state index contributed by atoms with van der Waals surface area (Å²) in [6.07, 6.45) is 10.5. The number of carboxylic acids is 1. The Morgan fingerprint density at radius 1 is 1.00 bits per heavy atom. The maximum absolute atomic E-state index is 12.6. The third kappa shape index (κ3) is 6.87. The molecule has 0 aliphatic rings. The van der Waals surface area contributed by atoms with Gasteiger partial charge in [-0.25, -0.2) is 0 Å². The molecule has 0 aliphatic heterocycles. The number of aryl methyl sites for hydroxylation is 1. The second kappa shape index (κ2) is 12.0. The van der Waals surface area contributed by atoms with Crippen molar-refractivity contribution in [3.05, 3.63) is 70.3 Å². The number of methoxy groups -OCH3 is 1. The molecule has 0 heterocycles. The van der Waals surface area contributed by atoms with Crippen LogP contribution in [-0.2, 0) is 17.6 Å². The summed E-state index contributed by atoms with van der Waals surface area (Å²) in [6.45, 7) is 4.05. The fourth-order valence-electron chi connectivity index (χ4n) is 3.54. The van der Waals surface area contributed by atoms with Crippen molar-refractivity contribution in [1.29, 1.82) is 0 Å². The van der Waals surface area contributed by atoms with E-state index in [2.05, 4.69) is 6.92 Å². The fraction of sp³-hybridized carbons (Fsp3) is 0.385. The Labute approximate surface area is 179 Å². The number of carbonyl (C=O) groups excluding carboxylic acids is 1. The Balaban J connectivity index is 2.03. The van der Waals surface area contributed by atoms with Gasteiger partial charge in [0.1, 0.15) is 5.75 Å². The molecular weight excluding hydrogens is 376 g/mol. The molecule has 0 spiro atoms. The number of benzene rings is 2. The zero-order valence-corrected chi connectivity index (χ0v) is 18.2. The quantitative estimate of drug-likeness (QED) is 0.264. The highest BCUT2D eigenvalue weighted by atomic mass is 16.5. The lowest BCUT2D eigenvalue weighted by Crippen LogP contribution is -2.04. The van der Waals surface area contributed by atoms with Gasteiger partial charge in [0.2, 0.25) is 0 Å². The molecule has 0 saturated carbocycles. The Kier molecular flexibility index (Phi) is 9.33. The largest absolute Gasteiger partial charge is 0.496 e. The first-order valence-electron chi connectivity index (χ1n) is 10.7. The first kappa shape index (κ1) is 23.4. The summed E-state index contributed by atoms with van der Waals surface area (Å²) < 4.78 is 5.46. The monoisotopic (exact) mass is 408 g/mol. The van der Waals surface area contributed by atoms with Crippen LogP contribution in [-0.4, -0.2) is 24.0 Å². The van der Waals surface area contributed by atoms with Crippen LogP contribution in [0.2, 0.25) is 0 Å². The van der Waals surface area contributed by atoms with Crippen molar-refractivity contribution in [2.24, 2.45) is 0 Å². The van der Waals surface area contributed by atoms with Crippen LogP contribution in [0.15, 0.2) is 42.5 Å². The van der Waals surface area contributed by atoms with E-state index in [0.29, 0.717) is 16.9 Å². The van der Waals surface area contributed by atoms with Crippen LogP contribution >= 0.6 is 0 Å². The van der Waals surface area contributed by atoms with Crippen molar-refractivity contribution in [2.45, 2.75) is 58.8 Å². The van der Waals surface area contributed by atoms with E-state index in [1.165, 1.54) is 43.7 Å². The predicted molar refractivity (Wildman–Crippen MR) is 121 cm³/mol. The number of aliphatic carboxylic acids is 1. The Hall–Kier alpha value is -2.88. The number of ketones is 1. The number of hydrogen-bond donors (Lipinski definition) is 1. The summed E-state index contributed by atoms with van der Waals surface area (Å²) in [5, 5.41) is 9.03. The number of carbonyl (C=O) groups is 2. The summed E-state index contributed by atoms with van der Waals surface area (Å²) in [4.78, 5) is 23.6. The van der Waals surface area contributed by atoms with Crippen LogP contribution in [0.3, 0.4) is 0 Å². The molecule has 4 heteroatoms. The van der Waals surface area contributed by atoms with E-state index in [1.54, 1.807) is 25.3 Å². The molecule has 0 amide bonds. The maximum Gasteiger partial charge on any atom is 0.307 e. The molecule has 0 aromatic heterocycles. The van der Waals surface area contributed by atoms with Crippen molar-refractivity contribution >= 4 is 17.8 Å². The molecule has 1 N–H and O–H groups in total. The van der Waals surface area contributed by atoms with Crippen LogP contribution in [0.4, 0.5) is 0 Å². The van der Waals surface area contributed by atoms with Gasteiger partial charge in [-0.3, -0.25) is 9.59 Å². The van der Waals surface area contributed by atoms with Crippen LogP contribution in [0, 0.1) is 6.92 Å². The molecule has 0 unspecified atom stereocenters. The summed E-state index contributed by atoms with van der Waals surface area (Å²) in [5.41, 5.74) is 4.14. The lowest BCUT2D eigenvalue weighted by atomic mass is 9.99. The number of allylic oxidation sites excluding steroid dienone is 1. The van der Waals surface area contributed by atoms with Gasteiger partial charge in [0, 0.05) is 11.1 Å². The predicted octanol–water partition coefficient (Wildman–Crippen LogP) is 6.04. The Morgan fingerprint density at radius 3 is 2.33 bits per heavy atom. The van der Waals surface area contributed by atoms with E-state index in [9.17, 15) is 9.59 Å². The minimum Gasteiger partial charge on any atom is -0.496 e. The van der Waals surface area contributed by atoms with Crippen LogP contribution in [0.1, 0.15) is 71.6 Å². The summed E-state index contributed by atoms with van der Waals surface area (Å²) in [5.74, 6) is -0.363. The molecule has 0 atom stereocenters. The molecule has 160 valence electrons. The lowest BCUT2D eigenvalue weighted by Gasteiger charge is -2.12. The van der Waals surface area contributed by atoms with Crippen molar-refractivity contribution < 1.29 is 19.4 Å². The fourth-order valence-corrected chi connectivity index (χ4v) is 3.54. The average Bonchev–Trinajstić information content (AvgIpc) is 2.73. The van der Waals surface area contributed by atoms with Crippen LogP contribution in [0.5, 0.6) is 5.75 Å². The number of hydrogen-bond acceptors (Lipinski definition) is 3. The number of carboxylic acid groups (broad SMARTS) is 1. The molecule has 2 aromatic carbocycles. The van der Waals surface area contributed by atoms with E-state index in [0.717, 1.165) is 17.5 Å². The summed E-state index contributed by atoms with van der Waals surface area (Å²) >= 11 is 0. The second-order valence-corrected chi connectivity index (χ2v) is 7.60. The highest BCUT2D eigenvalue weighted by Crippen LogP contribution is 2.28. The van der Waals surface area contributed by atoms with Crippen molar-refractivity contribution in [3.63, 3.8) is 0 Å². The molecular formula is C26H32O4. The van der Waals surface area contributed by atoms with Gasteiger partial charge in [-0.15, -0.1) is 0 Å². The van der Waals surface area contributed by atoms with Crippen LogP contribution in [0.25, 0.3) is 6.08 Å². The van der Waals surface area contributed by atoms with Crippen LogP contribution < -0.4 is 4.74 Å². The zero-order valence-electron chi connectivity index (χ0n) is 18.2. The summed E-state index contributed by atoms with van der Waals surface area (Å²) in [6, 6.07) is 11.4. The van der Waals surface area contributed by atoms with E-state index in [1.807, 2.05) is 31.2 Å². The average molecular weight is 409 g/mol. The zero-order chi connectivity index (χ0) is 21.9. The van der Waals surface area contributed by atoms with E-state index < -0.39 is 5.97 Å². The third-order valence-corrected chi connectivity index (χ3v) is 5.32. The number of unbranched alkanes of at least 4 members (excludes halogenated alkanes) is 4. The van der Waals surface area contributed by atoms with Gasteiger partial charge in [0.25, 0.3) is 0 Å².